The van der Waals surface area contributed by atoms with E-state index in [1.807, 2.05) is 0 Å². The molecule has 0 aliphatic carbocycles. The van der Waals surface area contributed by atoms with Crippen LogP contribution in [0.25, 0.3) is 11.5 Å². The maximum Gasteiger partial charge on any atom is 0.265 e. The Morgan fingerprint density at radius 2 is 1.80 bits per heavy atom. The molecule has 0 saturated carbocycles. The van der Waals surface area contributed by atoms with Crippen LogP contribution >= 0.6 is 0 Å². The highest BCUT2D eigenvalue weighted by molar-refractivity contribution is 5.69. The van der Waals surface area contributed by atoms with Crippen LogP contribution in [0.15, 0.2) is 22.7 Å². The molecular formula is C14H19N3O3. The van der Waals surface area contributed by atoms with Crippen LogP contribution in [-0.2, 0) is 6.42 Å². The molecule has 2 rings (SSSR count). The third-order valence-corrected chi connectivity index (χ3v) is 3.25. The first kappa shape index (κ1) is 14.3. The average Bonchev–Trinajstić information content (AvgIpc) is 2.88. The molecule has 0 saturated heterocycles. The van der Waals surface area contributed by atoms with E-state index in [2.05, 4.69) is 28.9 Å². The lowest BCUT2D eigenvalue weighted by Crippen LogP contribution is -2.25. The number of rotatable bonds is 6. The molecule has 0 aliphatic heterocycles. The van der Waals surface area contributed by atoms with Crippen LogP contribution in [0, 0.1) is 0 Å². The maximum absolute atomic E-state index is 9.75. The summed E-state index contributed by atoms with van der Waals surface area (Å²) in [5.74, 6) is 0.539. The smallest absolute Gasteiger partial charge is 0.265 e. The summed E-state index contributed by atoms with van der Waals surface area (Å²) in [5.41, 5.74) is 0.175. The first-order valence-corrected chi connectivity index (χ1v) is 6.72. The molecule has 2 aromatic rings. The van der Waals surface area contributed by atoms with Crippen molar-refractivity contribution in [3.05, 3.63) is 24.0 Å². The molecule has 0 radical (unpaired) electrons. The third-order valence-electron chi connectivity index (χ3n) is 3.25. The van der Waals surface area contributed by atoms with Gasteiger partial charge in [0.1, 0.15) is 17.1 Å². The number of hydrogen-bond acceptors (Lipinski definition) is 6. The van der Waals surface area contributed by atoms with Crippen LogP contribution in [0.3, 0.4) is 0 Å². The predicted octanol–water partition coefficient (Wildman–Crippen LogP) is 2.03. The summed E-state index contributed by atoms with van der Waals surface area (Å²) in [6.45, 7) is 7.00. The molecule has 0 bridgehead atoms. The van der Waals surface area contributed by atoms with Crippen molar-refractivity contribution in [3.63, 3.8) is 0 Å². The predicted molar refractivity (Wildman–Crippen MR) is 74.6 cm³/mol. The van der Waals surface area contributed by atoms with Gasteiger partial charge >= 0.3 is 0 Å². The van der Waals surface area contributed by atoms with Crippen LogP contribution in [0.1, 0.15) is 19.7 Å². The molecule has 1 aromatic carbocycles. The van der Waals surface area contributed by atoms with Crippen LogP contribution in [0.5, 0.6) is 11.5 Å². The number of aromatic nitrogens is 2. The number of phenolic OH excluding ortho intramolecular Hbond substituents is 2. The van der Waals surface area contributed by atoms with Crippen molar-refractivity contribution in [2.75, 3.05) is 19.6 Å². The van der Waals surface area contributed by atoms with Gasteiger partial charge in [-0.3, -0.25) is 0 Å². The van der Waals surface area contributed by atoms with Crippen molar-refractivity contribution in [1.29, 1.82) is 0 Å². The van der Waals surface area contributed by atoms with E-state index in [9.17, 15) is 10.2 Å². The van der Waals surface area contributed by atoms with Gasteiger partial charge in [0.05, 0.1) is 0 Å². The van der Waals surface area contributed by atoms with E-state index < -0.39 is 0 Å². The molecule has 0 atom stereocenters. The fraction of sp³-hybridized carbons (Fsp3) is 0.429. The SMILES string of the molecule is CCN(CC)CCc1noc(-c2c(O)cccc2O)n1. The number of phenols is 2. The van der Waals surface area contributed by atoms with Gasteiger partial charge in [0.15, 0.2) is 5.82 Å². The average molecular weight is 277 g/mol. The second-order valence-corrected chi connectivity index (χ2v) is 4.46. The number of likely N-dealkylation sites (N-methyl/N-ethyl adjacent to an activating group) is 1. The van der Waals surface area contributed by atoms with Gasteiger partial charge in [0.2, 0.25) is 0 Å². The zero-order valence-electron chi connectivity index (χ0n) is 11.7. The van der Waals surface area contributed by atoms with E-state index in [1.165, 1.54) is 12.1 Å². The van der Waals surface area contributed by atoms with Crippen LogP contribution in [0.4, 0.5) is 0 Å². The largest absolute Gasteiger partial charge is 0.507 e. The Hall–Kier alpha value is -2.08. The zero-order chi connectivity index (χ0) is 14.5. The second kappa shape index (κ2) is 6.38. The Morgan fingerprint density at radius 1 is 1.15 bits per heavy atom. The summed E-state index contributed by atoms with van der Waals surface area (Å²) >= 11 is 0. The van der Waals surface area contributed by atoms with Crippen LogP contribution in [0.2, 0.25) is 0 Å². The lowest BCUT2D eigenvalue weighted by Gasteiger charge is -2.16. The maximum atomic E-state index is 9.75. The Labute approximate surface area is 117 Å². The van der Waals surface area contributed by atoms with E-state index in [4.69, 9.17) is 4.52 Å². The van der Waals surface area contributed by atoms with Crippen LogP contribution < -0.4 is 0 Å². The molecule has 6 nitrogen and oxygen atoms in total. The number of aromatic hydroxyl groups is 2. The molecule has 0 unspecified atom stereocenters. The highest BCUT2D eigenvalue weighted by atomic mass is 16.5. The lowest BCUT2D eigenvalue weighted by atomic mass is 10.2. The Kier molecular flexibility index (Phi) is 4.57. The molecular weight excluding hydrogens is 258 g/mol. The molecule has 1 heterocycles. The summed E-state index contributed by atoms with van der Waals surface area (Å²) in [7, 11) is 0. The van der Waals surface area contributed by atoms with Gasteiger partial charge in [0.25, 0.3) is 5.89 Å². The van der Waals surface area contributed by atoms with Gasteiger partial charge in [-0.25, -0.2) is 0 Å². The third kappa shape index (κ3) is 3.08. The van der Waals surface area contributed by atoms with Crippen LogP contribution in [-0.4, -0.2) is 44.9 Å². The number of nitrogens with zero attached hydrogens (tertiary/aromatic N) is 3. The fourth-order valence-corrected chi connectivity index (χ4v) is 2.00. The molecule has 6 heteroatoms. The van der Waals surface area contributed by atoms with Gasteiger partial charge in [-0.1, -0.05) is 25.1 Å². The Bertz CT molecular complexity index is 544. The minimum atomic E-state index is -0.0797. The summed E-state index contributed by atoms with van der Waals surface area (Å²) in [6.07, 6.45) is 0.666. The fourth-order valence-electron chi connectivity index (χ4n) is 2.00. The highest BCUT2D eigenvalue weighted by Gasteiger charge is 2.17. The van der Waals surface area contributed by atoms with Gasteiger partial charge in [-0.05, 0) is 25.2 Å². The van der Waals surface area contributed by atoms with Gasteiger partial charge in [0, 0.05) is 13.0 Å². The molecule has 108 valence electrons. The van der Waals surface area contributed by atoms with E-state index in [1.54, 1.807) is 6.07 Å². The second-order valence-electron chi connectivity index (χ2n) is 4.46. The highest BCUT2D eigenvalue weighted by Crippen LogP contribution is 2.35. The summed E-state index contributed by atoms with van der Waals surface area (Å²) in [4.78, 5) is 6.48. The quantitative estimate of drug-likeness (QED) is 0.840. The summed E-state index contributed by atoms with van der Waals surface area (Å²) in [6, 6.07) is 4.48. The van der Waals surface area contributed by atoms with Crippen molar-refractivity contribution in [2.45, 2.75) is 20.3 Å². The van der Waals surface area contributed by atoms with E-state index in [0.717, 1.165) is 19.6 Å². The molecule has 2 N–H and O–H groups in total. The Balaban J connectivity index is 2.13. The molecule has 0 aliphatic rings. The lowest BCUT2D eigenvalue weighted by molar-refractivity contribution is 0.303. The van der Waals surface area contributed by atoms with Crippen molar-refractivity contribution in [3.8, 4) is 23.0 Å². The van der Waals surface area contributed by atoms with Gasteiger partial charge in [-0.2, -0.15) is 4.98 Å². The van der Waals surface area contributed by atoms with E-state index >= 15 is 0 Å². The molecule has 0 fully saturated rings. The van der Waals surface area contributed by atoms with E-state index in [-0.39, 0.29) is 23.0 Å². The standard InChI is InChI=1S/C14H19N3O3/c1-3-17(4-2)9-8-12-15-14(20-16-12)13-10(18)6-5-7-11(13)19/h5-7,18-19H,3-4,8-9H2,1-2H3. The van der Waals surface area contributed by atoms with Crippen molar-refractivity contribution in [2.24, 2.45) is 0 Å². The topological polar surface area (TPSA) is 82.6 Å². The minimum absolute atomic E-state index is 0.0797. The number of benzene rings is 1. The summed E-state index contributed by atoms with van der Waals surface area (Å²) in [5, 5.41) is 23.4. The number of hydrogen-bond donors (Lipinski definition) is 2. The normalized spacial score (nSPS) is 11.2. The van der Waals surface area contributed by atoms with Crippen molar-refractivity contribution >= 4 is 0 Å². The first-order chi connectivity index (χ1) is 9.65. The van der Waals surface area contributed by atoms with E-state index in [0.29, 0.717) is 12.2 Å². The molecule has 1 aromatic heterocycles. The zero-order valence-corrected chi connectivity index (χ0v) is 11.7. The monoisotopic (exact) mass is 277 g/mol. The van der Waals surface area contributed by atoms with Gasteiger partial charge < -0.3 is 19.6 Å². The van der Waals surface area contributed by atoms with Crippen molar-refractivity contribution in [1.82, 2.24) is 15.0 Å². The molecule has 0 amide bonds. The first-order valence-electron chi connectivity index (χ1n) is 6.72. The minimum Gasteiger partial charge on any atom is -0.507 e. The molecule has 20 heavy (non-hydrogen) atoms. The summed E-state index contributed by atoms with van der Waals surface area (Å²) < 4.78 is 5.11. The molecule has 0 spiro atoms. The Morgan fingerprint density at radius 3 is 2.40 bits per heavy atom. The van der Waals surface area contributed by atoms with Gasteiger partial charge in [-0.15, -0.1) is 0 Å². The van der Waals surface area contributed by atoms with Crippen molar-refractivity contribution < 1.29 is 14.7 Å².